The first-order chi connectivity index (χ1) is 7.81. The average Bonchev–Trinajstić information content (AvgIpc) is 2.35. The fraction of sp³-hybridized carbons (Fsp3) is 0.917. The van der Waals surface area contributed by atoms with Crippen LogP contribution in [0.15, 0.2) is 4.99 Å². The SMILES string of the molecule is CCC1CCCCN1CCNC(=NC)NC.I. The molecule has 2 N–H and O–H groups in total. The van der Waals surface area contributed by atoms with E-state index in [4.69, 9.17) is 0 Å². The first kappa shape index (κ1) is 17.0. The highest BCUT2D eigenvalue weighted by Crippen LogP contribution is 2.18. The Labute approximate surface area is 123 Å². The van der Waals surface area contributed by atoms with Crippen molar-refractivity contribution in [3.8, 4) is 0 Å². The van der Waals surface area contributed by atoms with Crippen LogP contribution >= 0.6 is 24.0 Å². The number of rotatable bonds is 4. The Morgan fingerprint density at radius 1 is 1.41 bits per heavy atom. The van der Waals surface area contributed by atoms with Gasteiger partial charge in [0.25, 0.3) is 0 Å². The van der Waals surface area contributed by atoms with Gasteiger partial charge < -0.3 is 10.6 Å². The Hall–Kier alpha value is -0.0400. The summed E-state index contributed by atoms with van der Waals surface area (Å²) < 4.78 is 0. The predicted molar refractivity (Wildman–Crippen MR) is 85.3 cm³/mol. The molecule has 0 aliphatic carbocycles. The number of piperidine rings is 1. The molecule has 17 heavy (non-hydrogen) atoms. The Kier molecular flexibility index (Phi) is 9.91. The van der Waals surface area contributed by atoms with Crippen molar-refractivity contribution < 1.29 is 0 Å². The van der Waals surface area contributed by atoms with Gasteiger partial charge in [0, 0.05) is 33.2 Å². The van der Waals surface area contributed by atoms with Crippen LogP contribution in [-0.4, -0.2) is 50.6 Å². The van der Waals surface area contributed by atoms with E-state index in [-0.39, 0.29) is 24.0 Å². The lowest BCUT2D eigenvalue weighted by molar-refractivity contribution is 0.147. The quantitative estimate of drug-likeness (QED) is 0.458. The first-order valence-electron chi connectivity index (χ1n) is 6.44. The molecule has 0 spiro atoms. The molecule has 1 aliphatic heterocycles. The molecule has 0 radical (unpaired) electrons. The fourth-order valence-corrected chi connectivity index (χ4v) is 2.41. The van der Waals surface area contributed by atoms with E-state index in [9.17, 15) is 0 Å². The monoisotopic (exact) mass is 354 g/mol. The molecule has 0 amide bonds. The minimum Gasteiger partial charge on any atom is -0.359 e. The molecule has 1 saturated heterocycles. The molecule has 0 aromatic rings. The number of nitrogens with one attached hydrogen (secondary N) is 2. The van der Waals surface area contributed by atoms with E-state index < -0.39 is 0 Å². The molecule has 1 heterocycles. The van der Waals surface area contributed by atoms with Crippen LogP contribution in [0.3, 0.4) is 0 Å². The van der Waals surface area contributed by atoms with E-state index in [0.717, 1.165) is 25.1 Å². The molecule has 0 aromatic heterocycles. The minimum atomic E-state index is 0. The number of hydrogen-bond acceptors (Lipinski definition) is 2. The van der Waals surface area contributed by atoms with Gasteiger partial charge >= 0.3 is 0 Å². The van der Waals surface area contributed by atoms with Crippen molar-refractivity contribution in [3.05, 3.63) is 0 Å². The third-order valence-corrected chi connectivity index (χ3v) is 3.37. The van der Waals surface area contributed by atoms with E-state index in [0.29, 0.717) is 0 Å². The standard InChI is InChI=1S/C12H26N4.HI/c1-4-11-7-5-6-9-16(11)10-8-15-12(13-2)14-3;/h11H,4-10H2,1-3H3,(H2,13,14,15);1H. The van der Waals surface area contributed by atoms with Gasteiger partial charge in [-0.15, -0.1) is 24.0 Å². The first-order valence-corrected chi connectivity index (χ1v) is 6.44. The maximum atomic E-state index is 4.10. The molecule has 1 unspecified atom stereocenters. The van der Waals surface area contributed by atoms with Crippen molar-refractivity contribution in [2.24, 2.45) is 4.99 Å². The van der Waals surface area contributed by atoms with Crippen LogP contribution < -0.4 is 10.6 Å². The highest BCUT2D eigenvalue weighted by atomic mass is 127. The Balaban J connectivity index is 0.00000256. The van der Waals surface area contributed by atoms with Crippen molar-refractivity contribution in [3.63, 3.8) is 0 Å². The highest BCUT2D eigenvalue weighted by molar-refractivity contribution is 14.0. The van der Waals surface area contributed by atoms with Crippen LogP contribution in [0.1, 0.15) is 32.6 Å². The maximum absolute atomic E-state index is 4.10. The van der Waals surface area contributed by atoms with Gasteiger partial charge in [-0.3, -0.25) is 9.89 Å². The third-order valence-electron chi connectivity index (χ3n) is 3.37. The Bertz CT molecular complexity index is 221. The fourth-order valence-electron chi connectivity index (χ4n) is 2.41. The zero-order chi connectivity index (χ0) is 11.8. The van der Waals surface area contributed by atoms with Gasteiger partial charge in [0.05, 0.1) is 0 Å². The van der Waals surface area contributed by atoms with Crippen LogP contribution in [0.2, 0.25) is 0 Å². The lowest BCUT2D eigenvalue weighted by Crippen LogP contribution is -2.45. The lowest BCUT2D eigenvalue weighted by Gasteiger charge is -2.35. The van der Waals surface area contributed by atoms with Gasteiger partial charge in [-0.25, -0.2) is 0 Å². The summed E-state index contributed by atoms with van der Waals surface area (Å²) in [6, 6.07) is 0.798. The minimum absolute atomic E-state index is 0. The summed E-state index contributed by atoms with van der Waals surface area (Å²) in [4.78, 5) is 6.71. The number of aliphatic imine (C=N–C) groups is 1. The zero-order valence-corrected chi connectivity index (χ0v) is 13.7. The second-order valence-corrected chi connectivity index (χ2v) is 4.34. The van der Waals surface area contributed by atoms with Crippen molar-refractivity contribution in [2.45, 2.75) is 38.6 Å². The van der Waals surface area contributed by atoms with Crippen LogP contribution in [0, 0.1) is 0 Å². The van der Waals surface area contributed by atoms with Gasteiger partial charge in [-0.05, 0) is 25.8 Å². The predicted octanol–water partition coefficient (Wildman–Crippen LogP) is 1.66. The van der Waals surface area contributed by atoms with E-state index in [1.165, 1.54) is 32.2 Å². The van der Waals surface area contributed by atoms with E-state index in [2.05, 4.69) is 27.4 Å². The largest absolute Gasteiger partial charge is 0.359 e. The molecule has 5 heteroatoms. The summed E-state index contributed by atoms with van der Waals surface area (Å²) >= 11 is 0. The van der Waals surface area contributed by atoms with E-state index in [1.807, 2.05) is 7.05 Å². The molecule has 4 nitrogen and oxygen atoms in total. The summed E-state index contributed by atoms with van der Waals surface area (Å²) in [5.74, 6) is 0.880. The lowest BCUT2D eigenvalue weighted by atomic mass is 10.0. The molecular weight excluding hydrogens is 327 g/mol. The molecular formula is C12H27IN4. The smallest absolute Gasteiger partial charge is 0.190 e. The molecule has 1 fully saturated rings. The van der Waals surface area contributed by atoms with Crippen LogP contribution in [0.5, 0.6) is 0 Å². The molecule has 0 aromatic carbocycles. The molecule has 0 saturated carbocycles. The van der Waals surface area contributed by atoms with Crippen molar-refractivity contribution in [1.82, 2.24) is 15.5 Å². The summed E-state index contributed by atoms with van der Waals surface area (Å²) in [6.45, 7) is 5.66. The van der Waals surface area contributed by atoms with Gasteiger partial charge in [-0.2, -0.15) is 0 Å². The number of nitrogens with zero attached hydrogens (tertiary/aromatic N) is 2. The van der Waals surface area contributed by atoms with Gasteiger partial charge in [0.1, 0.15) is 0 Å². The molecule has 1 aliphatic rings. The second-order valence-electron chi connectivity index (χ2n) is 4.34. The average molecular weight is 354 g/mol. The molecule has 1 rings (SSSR count). The van der Waals surface area contributed by atoms with Crippen LogP contribution in [0.25, 0.3) is 0 Å². The van der Waals surface area contributed by atoms with E-state index >= 15 is 0 Å². The Morgan fingerprint density at radius 3 is 2.76 bits per heavy atom. The number of guanidine groups is 1. The zero-order valence-electron chi connectivity index (χ0n) is 11.3. The summed E-state index contributed by atoms with van der Waals surface area (Å²) in [5.41, 5.74) is 0. The molecule has 0 bridgehead atoms. The van der Waals surface area contributed by atoms with Gasteiger partial charge in [0.2, 0.25) is 0 Å². The second kappa shape index (κ2) is 9.94. The number of hydrogen-bond donors (Lipinski definition) is 2. The number of halogens is 1. The van der Waals surface area contributed by atoms with Gasteiger partial charge in [0.15, 0.2) is 5.96 Å². The maximum Gasteiger partial charge on any atom is 0.190 e. The molecule has 102 valence electrons. The van der Waals surface area contributed by atoms with Crippen molar-refractivity contribution in [2.75, 3.05) is 33.7 Å². The van der Waals surface area contributed by atoms with Crippen LogP contribution in [0.4, 0.5) is 0 Å². The van der Waals surface area contributed by atoms with Crippen molar-refractivity contribution >= 4 is 29.9 Å². The molecule has 1 atom stereocenters. The van der Waals surface area contributed by atoms with E-state index in [1.54, 1.807) is 7.05 Å². The Morgan fingerprint density at radius 2 is 2.18 bits per heavy atom. The van der Waals surface area contributed by atoms with Crippen molar-refractivity contribution in [1.29, 1.82) is 0 Å². The topological polar surface area (TPSA) is 39.7 Å². The van der Waals surface area contributed by atoms with Gasteiger partial charge in [-0.1, -0.05) is 13.3 Å². The van der Waals surface area contributed by atoms with Crippen LogP contribution in [-0.2, 0) is 0 Å². The normalized spacial score (nSPS) is 21.8. The summed E-state index contributed by atoms with van der Waals surface area (Å²) in [6.07, 6.45) is 5.41. The summed E-state index contributed by atoms with van der Waals surface area (Å²) in [7, 11) is 3.69. The highest BCUT2D eigenvalue weighted by Gasteiger charge is 2.19. The number of likely N-dealkylation sites (tertiary alicyclic amines) is 1. The summed E-state index contributed by atoms with van der Waals surface area (Å²) in [5, 5.41) is 6.34. The third kappa shape index (κ3) is 5.90.